The highest BCUT2D eigenvalue weighted by Crippen LogP contribution is 2.28. The molecule has 4 nitrogen and oxygen atoms in total. The van der Waals surface area contributed by atoms with Gasteiger partial charge in [0.25, 0.3) is 5.91 Å². The second kappa shape index (κ2) is 11.1. The van der Waals surface area contributed by atoms with E-state index in [0.29, 0.717) is 5.92 Å². The summed E-state index contributed by atoms with van der Waals surface area (Å²) in [5, 5.41) is 1.94. The fraction of sp³-hybridized carbons (Fsp3) is 0.286. The van der Waals surface area contributed by atoms with Gasteiger partial charge < -0.3 is 9.80 Å². The van der Waals surface area contributed by atoms with Crippen LogP contribution in [0.2, 0.25) is 0 Å². The first-order chi connectivity index (χ1) is 16.1. The first-order valence-electron chi connectivity index (χ1n) is 11.5. The molecule has 2 amide bonds. The van der Waals surface area contributed by atoms with Crippen LogP contribution in [0.3, 0.4) is 0 Å². The summed E-state index contributed by atoms with van der Waals surface area (Å²) in [5.41, 5.74) is 2.26. The number of hydrogen-bond donors (Lipinski definition) is 0. The van der Waals surface area contributed by atoms with Crippen molar-refractivity contribution in [3.8, 4) is 0 Å². The van der Waals surface area contributed by atoms with E-state index in [-0.39, 0.29) is 17.9 Å². The van der Waals surface area contributed by atoms with E-state index in [2.05, 4.69) is 12.1 Å². The van der Waals surface area contributed by atoms with E-state index in [4.69, 9.17) is 0 Å². The number of carbonyl (C=O) groups excluding carboxylic acids is 2. The van der Waals surface area contributed by atoms with Gasteiger partial charge in [0.1, 0.15) is 0 Å². The Balaban J connectivity index is 1.43. The lowest BCUT2D eigenvalue weighted by Gasteiger charge is -2.40. The molecule has 2 aromatic carbocycles. The van der Waals surface area contributed by atoms with Gasteiger partial charge in [-0.3, -0.25) is 9.59 Å². The Morgan fingerprint density at radius 2 is 1.67 bits per heavy atom. The Kier molecular flexibility index (Phi) is 7.74. The molecule has 0 radical (unpaired) electrons. The summed E-state index contributed by atoms with van der Waals surface area (Å²) in [7, 11) is 1.93. The summed E-state index contributed by atoms with van der Waals surface area (Å²) < 4.78 is 0. The molecule has 4 rings (SSSR count). The molecule has 3 aromatic rings. The fourth-order valence-corrected chi connectivity index (χ4v) is 5.25. The van der Waals surface area contributed by atoms with Crippen molar-refractivity contribution in [2.75, 3.05) is 20.1 Å². The van der Waals surface area contributed by atoms with Crippen molar-refractivity contribution in [2.24, 2.45) is 5.92 Å². The van der Waals surface area contributed by atoms with Gasteiger partial charge in [-0.15, -0.1) is 11.3 Å². The van der Waals surface area contributed by atoms with Gasteiger partial charge in [-0.2, -0.15) is 0 Å². The number of likely N-dealkylation sites (tertiary alicyclic amines) is 1. The maximum Gasteiger partial charge on any atom is 0.263 e. The Bertz CT molecular complexity index is 1060. The van der Waals surface area contributed by atoms with Gasteiger partial charge in [0.2, 0.25) is 5.91 Å². The van der Waals surface area contributed by atoms with Gasteiger partial charge in [0.15, 0.2) is 0 Å². The van der Waals surface area contributed by atoms with Crippen LogP contribution < -0.4 is 0 Å². The lowest BCUT2D eigenvalue weighted by atomic mass is 9.85. The monoisotopic (exact) mass is 458 g/mol. The molecular formula is C28H30N2O2S. The van der Waals surface area contributed by atoms with Crippen LogP contribution in [0.4, 0.5) is 0 Å². The van der Waals surface area contributed by atoms with Crippen LogP contribution in [0.25, 0.3) is 6.08 Å². The highest BCUT2D eigenvalue weighted by Gasteiger charge is 2.33. The van der Waals surface area contributed by atoms with Gasteiger partial charge in [-0.25, -0.2) is 0 Å². The minimum Gasteiger partial charge on any atom is -0.339 e. The highest BCUT2D eigenvalue weighted by molar-refractivity contribution is 7.12. The summed E-state index contributed by atoms with van der Waals surface area (Å²) in [6.07, 6.45) is 6.15. The van der Waals surface area contributed by atoms with Gasteiger partial charge in [0.05, 0.1) is 4.88 Å². The second-order valence-electron chi connectivity index (χ2n) is 8.56. The average molecular weight is 459 g/mol. The average Bonchev–Trinajstić information content (AvgIpc) is 3.41. The van der Waals surface area contributed by atoms with E-state index in [1.165, 1.54) is 16.9 Å². The number of nitrogens with zero attached hydrogens (tertiary/aromatic N) is 2. The molecular weight excluding hydrogens is 428 g/mol. The zero-order valence-electron chi connectivity index (χ0n) is 19.0. The van der Waals surface area contributed by atoms with E-state index in [1.807, 2.05) is 89.0 Å². The molecule has 0 saturated carbocycles. The summed E-state index contributed by atoms with van der Waals surface area (Å²) >= 11 is 1.49. The SMILES string of the molecule is CN(C(=O)c1cccs1)C(Cc1ccccc1)C1CCN(C(=O)/C=C/c2ccccc2)CC1. The quantitative estimate of drug-likeness (QED) is 0.446. The molecule has 0 spiro atoms. The number of hydrogen-bond acceptors (Lipinski definition) is 3. The molecule has 1 atom stereocenters. The number of benzene rings is 2. The predicted octanol–water partition coefficient (Wildman–Crippen LogP) is 5.38. The lowest BCUT2D eigenvalue weighted by Crippen LogP contribution is -2.48. The molecule has 1 aliphatic heterocycles. The zero-order chi connectivity index (χ0) is 23.0. The number of carbonyl (C=O) groups is 2. The maximum atomic E-state index is 13.1. The van der Waals surface area contributed by atoms with Crippen molar-refractivity contribution in [1.29, 1.82) is 0 Å². The molecule has 5 heteroatoms. The molecule has 0 N–H and O–H groups in total. The smallest absolute Gasteiger partial charge is 0.263 e. The number of thiophene rings is 1. The number of amides is 2. The van der Waals surface area contributed by atoms with Crippen molar-refractivity contribution in [1.82, 2.24) is 9.80 Å². The topological polar surface area (TPSA) is 40.6 Å². The van der Waals surface area contributed by atoms with E-state index in [9.17, 15) is 9.59 Å². The molecule has 1 saturated heterocycles. The van der Waals surface area contributed by atoms with Crippen LogP contribution in [-0.4, -0.2) is 47.8 Å². The van der Waals surface area contributed by atoms with Crippen LogP contribution in [0, 0.1) is 5.92 Å². The molecule has 170 valence electrons. The van der Waals surface area contributed by atoms with Crippen LogP contribution in [0.1, 0.15) is 33.6 Å². The Morgan fingerprint density at radius 1 is 1.00 bits per heavy atom. The van der Waals surface area contributed by atoms with Crippen LogP contribution >= 0.6 is 11.3 Å². The summed E-state index contributed by atoms with van der Waals surface area (Å²) in [6.45, 7) is 1.43. The van der Waals surface area contributed by atoms with Gasteiger partial charge in [-0.1, -0.05) is 66.7 Å². The first-order valence-corrected chi connectivity index (χ1v) is 12.4. The Labute approximate surface area is 200 Å². The minimum absolute atomic E-state index is 0.0555. The van der Waals surface area contributed by atoms with Gasteiger partial charge >= 0.3 is 0 Å². The molecule has 1 aromatic heterocycles. The summed E-state index contributed by atoms with van der Waals surface area (Å²) in [5.74, 6) is 0.483. The molecule has 0 aliphatic carbocycles. The summed E-state index contributed by atoms with van der Waals surface area (Å²) in [6, 6.07) is 24.2. The number of piperidine rings is 1. The van der Waals surface area contributed by atoms with Crippen molar-refractivity contribution in [3.05, 3.63) is 100 Å². The largest absolute Gasteiger partial charge is 0.339 e. The third-order valence-corrected chi connectivity index (χ3v) is 7.31. The summed E-state index contributed by atoms with van der Waals surface area (Å²) in [4.78, 5) is 30.5. The number of rotatable bonds is 7. The molecule has 2 heterocycles. The Morgan fingerprint density at radius 3 is 2.30 bits per heavy atom. The third kappa shape index (κ3) is 5.99. The predicted molar refractivity (Wildman–Crippen MR) is 135 cm³/mol. The van der Waals surface area contributed by atoms with Crippen molar-refractivity contribution in [2.45, 2.75) is 25.3 Å². The fourth-order valence-electron chi connectivity index (χ4n) is 4.54. The molecule has 1 fully saturated rings. The van der Waals surface area contributed by atoms with Crippen molar-refractivity contribution >= 4 is 29.2 Å². The van der Waals surface area contributed by atoms with Crippen molar-refractivity contribution < 1.29 is 9.59 Å². The second-order valence-corrected chi connectivity index (χ2v) is 9.50. The van der Waals surface area contributed by atoms with Gasteiger partial charge in [0, 0.05) is 32.3 Å². The third-order valence-electron chi connectivity index (χ3n) is 6.45. The van der Waals surface area contributed by atoms with E-state index in [0.717, 1.165) is 42.8 Å². The van der Waals surface area contributed by atoms with E-state index >= 15 is 0 Å². The van der Waals surface area contributed by atoms with Crippen molar-refractivity contribution in [3.63, 3.8) is 0 Å². The number of likely N-dealkylation sites (N-methyl/N-ethyl adjacent to an activating group) is 1. The van der Waals surface area contributed by atoms with E-state index < -0.39 is 0 Å². The van der Waals surface area contributed by atoms with E-state index in [1.54, 1.807) is 6.08 Å². The molecule has 33 heavy (non-hydrogen) atoms. The molecule has 0 bridgehead atoms. The normalized spacial score (nSPS) is 15.5. The Hall–Kier alpha value is -3.18. The van der Waals surface area contributed by atoms with Crippen LogP contribution in [0.15, 0.2) is 84.3 Å². The minimum atomic E-state index is 0.0555. The van der Waals surface area contributed by atoms with Gasteiger partial charge in [-0.05, 0) is 53.8 Å². The molecule has 1 unspecified atom stereocenters. The maximum absolute atomic E-state index is 13.1. The highest BCUT2D eigenvalue weighted by atomic mass is 32.1. The molecule has 1 aliphatic rings. The standard InChI is InChI=1S/C28H30N2O2S/c1-29(28(32)26-13-8-20-33-26)25(21-23-11-6-3-7-12-23)24-16-18-30(19-17-24)27(31)15-14-22-9-4-2-5-10-22/h2-15,20,24-25H,16-19,21H2,1H3/b15-14+. The first kappa shape index (κ1) is 23.0. The lowest BCUT2D eigenvalue weighted by molar-refractivity contribution is -0.127. The van der Waals surface area contributed by atoms with Crippen LogP contribution in [-0.2, 0) is 11.2 Å². The zero-order valence-corrected chi connectivity index (χ0v) is 19.8. The van der Waals surface area contributed by atoms with Crippen LogP contribution in [0.5, 0.6) is 0 Å².